The molecule has 0 amide bonds. The number of esters is 2. The molecule has 2 atom stereocenters. The fourth-order valence-electron chi connectivity index (χ4n) is 6.72. The fraction of sp³-hybridized carbons (Fsp3) is 0.655. The summed E-state index contributed by atoms with van der Waals surface area (Å²) in [6.07, 6.45) is 60.3. The number of hydrogen-bond donors (Lipinski definition) is 1. The third kappa shape index (κ3) is 43.3. The highest BCUT2D eigenvalue weighted by Crippen LogP contribution is 2.14. The van der Waals surface area contributed by atoms with Crippen LogP contribution in [0.1, 0.15) is 181 Å². The molecule has 63 heavy (non-hydrogen) atoms. The third-order valence-electron chi connectivity index (χ3n) is 10.5. The van der Waals surface area contributed by atoms with Crippen molar-refractivity contribution in [2.45, 2.75) is 193 Å². The molecule has 358 valence electrons. The van der Waals surface area contributed by atoms with E-state index < -0.39 is 18.1 Å². The monoisotopic (exact) mass is 879 g/mol. The number of unbranched alkanes of at least 4 members (excludes halogenated alkanes) is 13. The average Bonchev–Trinajstić information content (AvgIpc) is 3.24. The number of aliphatic carboxylic acids is 1. The first-order valence-electron chi connectivity index (χ1n) is 24.8. The maximum Gasteiger partial charge on any atom is 0.362 e. The third-order valence-corrected chi connectivity index (χ3v) is 10.5. The Morgan fingerprint density at radius 2 is 0.841 bits per heavy atom. The summed E-state index contributed by atoms with van der Waals surface area (Å²) in [4.78, 5) is 37.1. The second-order valence-electron chi connectivity index (χ2n) is 17.3. The molecule has 0 aromatic heterocycles. The van der Waals surface area contributed by atoms with Crippen molar-refractivity contribution in [3.63, 3.8) is 0 Å². The Morgan fingerprint density at radius 1 is 0.476 bits per heavy atom. The van der Waals surface area contributed by atoms with E-state index in [1.165, 1.54) is 51.4 Å². The van der Waals surface area contributed by atoms with E-state index in [0.29, 0.717) is 12.8 Å². The van der Waals surface area contributed by atoms with Crippen molar-refractivity contribution in [1.29, 1.82) is 0 Å². The van der Waals surface area contributed by atoms with Crippen molar-refractivity contribution in [2.75, 3.05) is 41.0 Å². The first-order valence-corrected chi connectivity index (χ1v) is 24.8. The lowest BCUT2D eigenvalue weighted by Crippen LogP contribution is -2.50. The Hall–Kier alpha value is -3.75. The summed E-state index contributed by atoms with van der Waals surface area (Å²) in [5.41, 5.74) is 0. The number of carbonyl (C=O) groups excluding carboxylic acids is 2. The predicted octanol–water partition coefficient (Wildman–Crippen LogP) is 14.2. The molecule has 0 bridgehead atoms. The van der Waals surface area contributed by atoms with Crippen molar-refractivity contribution < 1.29 is 38.2 Å². The van der Waals surface area contributed by atoms with Crippen LogP contribution in [0, 0.1) is 0 Å². The Labute approximate surface area is 386 Å². The van der Waals surface area contributed by atoms with E-state index in [1.807, 2.05) is 21.1 Å². The van der Waals surface area contributed by atoms with Crippen molar-refractivity contribution >= 4 is 17.9 Å². The molecule has 8 nitrogen and oxygen atoms in total. The Morgan fingerprint density at radius 3 is 1.25 bits per heavy atom. The van der Waals surface area contributed by atoms with Gasteiger partial charge in [-0.2, -0.15) is 0 Å². The molecule has 2 unspecified atom stereocenters. The summed E-state index contributed by atoms with van der Waals surface area (Å²) < 4.78 is 17.3. The summed E-state index contributed by atoms with van der Waals surface area (Å²) in [7, 11) is 5.51. The number of carboxylic acids is 1. The molecule has 0 aromatic rings. The quantitative estimate of drug-likeness (QED) is 0.0282. The molecule has 0 aliphatic rings. The van der Waals surface area contributed by atoms with Crippen LogP contribution in [0.4, 0.5) is 0 Å². The first kappa shape index (κ1) is 59.2. The van der Waals surface area contributed by atoms with Crippen LogP contribution in [0.5, 0.6) is 0 Å². The SMILES string of the molecule is CC/C=C/C/C=C/C/C=C/C/C=C/CCCCCCCCCCCCC(=O)OCC(COCCC(C(=O)O)[N+](C)(C)C)OC(=O)CCCCC/C=C/C/C=C/C/C=C/C/C=C/CC. The number of allylic oxidation sites excluding steroid dienone is 16. The van der Waals surface area contributed by atoms with Crippen LogP contribution in [0.3, 0.4) is 0 Å². The molecule has 0 aliphatic carbocycles. The van der Waals surface area contributed by atoms with E-state index in [4.69, 9.17) is 14.2 Å². The minimum absolute atomic E-state index is 0.0413. The highest BCUT2D eigenvalue weighted by molar-refractivity contribution is 5.72. The molecule has 0 spiro atoms. The molecular formula is C55H92NO7+. The average molecular weight is 879 g/mol. The molecule has 0 aromatic carbocycles. The second-order valence-corrected chi connectivity index (χ2v) is 17.3. The lowest BCUT2D eigenvalue weighted by Gasteiger charge is -2.31. The minimum atomic E-state index is -0.884. The highest BCUT2D eigenvalue weighted by atomic mass is 16.6. The van der Waals surface area contributed by atoms with Crippen molar-refractivity contribution in [2.24, 2.45) is 0 Å². The van der Waals surface area contributed by atoms with E-state index in [-0.39, 0.29) is 42.7 Å². The lowest BCUT2D eigenvalue weighted by molar-refractivity contribution is -0.887. The molecule has 1 N–H and O–H groups in total. The molecule has 0 heterocycles. The Bertz CT molecular complexity index is 1350. The van der Waals surface area contributed by atoms with Gasteiger partial charge >= 0.3 is 17.9 Å². The maximum absolute atomic E-state index is 12.8. The van der Waals surface area contributed by atoms with Crippen LogP contribution in [-0.4, -0.2) is 80.6 Å². The maximum atomic E-state index is 12.8. The van der Waals surface area contributed by atoms with Gasteiger partial charge in [-0.1, -0.05) is 169 Å². The Balaban J connectivity index is 4.30. The van der Waals surface area contributed by atoms with Crippen LogP contribution in [0.2, 0.25) is 0 Å². The number of carbonyl (C=O) groups is 3. The molecule has 0 aliphatic heterocycles. The van der Waals surface area contributed by atoms with Crippen LogP contribution >= 0.6 is 0 Å². The number of ether oxygens (including phenoxy) is 3. The zero-order valence-corrected chi connectivity index (χ0v) is 40.7. The first-order chi connectivity index (χ1) is 30.6. The molecule has 0 rings (SSSR count). The number of rotatable bonds is 43. The van der Waals surface area contributed by atoms with Gasteiger partial charge in [-0.15, -0.1) is 0 Å². The summed E-state index contributed by atoms with van der Waals surface area (Å²) in [6.45, 7) is 4.46. The highest BCUT2D eigenvalue weighted by Gasteiger charge is 2.31. The van der Waals surface area contributed by atoms with Gasteiger partial charge in [-0.25, -0.2) is 4.79 Å². The van der Waals surface area contributed by atoms with Gasteiger partial charge in [-0.3, -0.25) is 9.59 Å². The van der Waals surface area contributed by atoms with Crippen molar-refractivity contribution in [1.82, 2.24) is 0 Å². The van der Waals surface area contributed by atoms with Gasteiger partial charge < -0.3 is 23.8 Å². The van der Waals surface area contributed by atoms with Crippen LogP contribution in [0.15, 0.2) is 97.2 Å². The molecular weight excluding hydrogens is 787 g/mol. The van der Waals surface area contributed by atoms with Gasteiger partial charge in [0.1, 0.15) is 6.61 Å². The topological polar surface area (TPSA) is 99.1 Å². The van der Waals surface area contributed by atoms with E-state index in [0.717, 1.165) is 96.3 Å². The zero-order valence-electron chi connectivity index (χ0n) is 40.7. The lowest BCUT2D eigenvalue weighted by atomic mass is 10.1. The van der Waals surface area contributed by atoms with Gasteiger partial charge in [-0.05, 0) is 89.9 Å². The zero-order chi connectivity index (χ0) is 46.3. The summed E-state index contributed by atoms with van der Waals surface area (Å²) in [5, 5.41) is 9.65. The normalized spacial score (nSPS) is 13.7. The Kier molecular flexibility index (Phi) is 42.2. The van der Waals surface area contributed by atoms with E-state index in [2.05, 4.69) is 111 Å². The van der Waals surface area contributed by atoms with Crippen LogP contribution in [0.25, 0.3) is 0 Å². The van der Waals surface area contributed by atoms with Gasteiger partial charge in [0.05, 0.1) is 34.4 Å². The van der Waals surface area contributed by atoms with E-state index >= 15 is 0 Å². The molecule has 0 fully saturated rings. The standard InChI is InChI=1S/C55H91NO7/c1-6-8-10-12-14-16-18-20-22-24-25-26-27-28-29-30-32-33-35-37-39-41-43-45-53(57)62-50-51(49-61-48-47-52(55(59)60)56(3,4)5)63-54(58)46-44-42-40-38-36-34-31-23-21-19-17-15-13-11-9-7-2/h8-11,14-17,20-23,25-26,34,36,51-52H,6-7,12-13,18-19,24,27-33,35,37-50H2,1-5H3/p+1/b10-8+,11-9+,16-14+,17-15+,22-20+,23-21+,26-25+,36-34+. The van der Waals surface area contributed by atoms with Crippen LogP contribution in [-0.2, 0) is 28.6 Å². The van der Waals surface area contributed by atoms with E-state index in [1.54, 1.807) is 0 Å². The minimum Gasteiger partial charge on any atom is -0.477 e. The number of nitrogens with zero attached hydrogens (tertiary/aromatic N) is 1. The molecule has 0 saturated heterocycles. The van der Waals surface area contributed by atoms with Gasteiger partial charge in [0.2, 0.25) is 0 Å². The van der Waals surface area contributed by atoms with Gasteiger partial charge in [0.25, 0.3) is 0 Å². The number of quaternary nitrogens is 1. The predicted molar refractivity (Wildman–Crippen MR) is 266 cm³/mol. The summed E-state index contributed by atoms with van der Waals surface area (Å²) in [6, 6.07) is -0.627. The number of carboxylic acid groups (broad SMARTS) is 1. The smallest absolute Gasteiger partial charge is 0.362 e. The number of hydrogen-bond acceptors (Lipinski definition) is 6. The largest absolute Gasteiger partial charge is 0.477 e. The molecule has 8 heteroatoms. The van der Waals surface area contributed by atoms with Gasteiger partial charge in [0.15, 0.2) is 12.1 Å². The van der Waals surface area contributed by atoms with Crippen LogP contribution < -0.4 is 0 Å². The van der Waals surface area contributed by atoms with E-state index in [9.17, 15) is 19.5 Å². The summed E-state index contributed by atoms with van der Waals surface area (Å²) >= 11 is 0. The van der Waals surface area contributed by atoms with Crippen molar-refractivity contribution in [3.05, 3.63) is 97.2 Å². The number of likely N-dealkylation sites (N-methyl/N-ethyl adjacent to an activating group) is 1. The van der Waals surface area contributed by atoms with Crippen molar-refractivity contribution in [3.8, 4) is 0 Å². The summed E-state index contributed by atoms with van der Waals surface area (Å²) in [5.74, 6) is -1.52. The molecule has 0 radical (unpaired) electrons. The second kappa shape index (κ2) is 44.8. The molecule has 0 saturated carbocycles. The van der Waals surface area contributed by atoms with Gasteiger partial charge in [0, 0.05) is 19.3 Å². The fourth-order valence-corrected chi connectivity index (χ4v) is 6.72.